The van der Waals surface area contributed by atoms with Gasteiger partial charge in [0.05, 0.1) is 19.3 Å². The molecular formula is C20H30O10. The number of aliphatic hydroxyl groups is 6. The second-order valence-corrected chi connectivity index (χ2v) is 7.60. The van der Waals surface area contributed by atoms with Crippen molar-refractivity contribution in [1.29, 1.82) is 0 Å². The third-order valence-electron chi connectivity index (χ3n) is 5.44. The summed E-state index contributed by atoms with van der Waals surface area (Å²) in [7, 11) is 0. The van der Waals surface area contributed by atoms with E-state index in [1.165, 1.54) is 6.92 Å². The van der Waals surface area contributed by atoms with Gasteiger partial charge in [-0.1, -0.05) is 30.3 Å². The van der Waals surface area contributed by atoms with Gasteiger partial charge in [-0.15, -0.1) is 0 Å². The Hall–Kier alpha value is -1.18. The van der Waals surface area contributed by atoms with E-state index in [9.17, 15) is 30.6 Å². The van der Waals surface area contributed by atoms with Crippen molar-refractivity contribution in [3.05, 3.63) is 35.9 Å². The Balaban J connectivity index is 1.69. The highest BCUT2D eigenvalue weighted by molar-refractivity contribution is 5.14. The van der Waals surface area contributed by atoms with Crippen LogP contribution >= 0.6 is 0 Å². The Bertz CT molecular complexity index is 646. The van der Waals surface area contributed by atoms with Crippen LogP contribution in [0.4, 0.5) is 0 Å². The molecule has 30 heavy (non-hydrogen) atoms. The Kier molecular flexibility index (Phi) is 8.16. The van der Waals surface area contributed by atoms with E-state index in [0.29, 0.717) is 6.42 Å². The largest absolute Gasteiger partial charge is 0.394 e. The Morgan fingerprint density at radius 2 is 1.53 bits per heavy atom. The van der Waals surface area contributed by atoms with Gasteiger partial charge in [0, 0.05) is 0 Å². The van der Waals surface area contributed by atoms with Crippen LogP contribution in [0.5, 0.6) is 0 Å². The van der Waals surface area contributed by atoms with Crippen LogP contribution in [0.3, 0.4) is 0 Å². The molecule has 3 rings (SSSR count). The first-order valence-electron chi connectivity index (χ1n) is 9.96. The lowest BCUT2D eigenvalue weighted by Gasteiger charge is -2.45. The second kappa shape index (κ2) is 10.4. The topological polar surface area (TPSA) is 158 Å². The van der Waals surface area contributed by atoms with Crippen molar-refractivity contribution in [3.63, 3.8) is 0 Å². The molecule has 0 aromatic heterocycles. The van der Waals surface area contributed by atoms with Crippen molar-refractivity contribution >= 4 is 0 Å². The molecule has 6 N–H and O–H groups in total. The zero-order valence-electron chi connectivity index (χ0n) is 16.6. The van der Waals surface area contributed by atoms with Gasteiger partial charge in [0.25, 0.3) is 0 Å². The van der Waals surface area contributed by atoms with Crippen molar-refractivity contribution in [2.75, 3.05) is 13.2 Å². The van der Waals surface area contributed by atoms with Crippen molar-refractivity contribution in [2.24, 2.45) is 0 Å². The van der Waals surface area contributed by atoms with Gasteiger partial charge < -0.3 is 49.6 Å². The fraction of sp³-hybridized carbons (Fsp3) is 0.700. The molecule has 2 heterocycles. The fourth-order valence-corrected chi connectivity index (χ4v) is 3.55. The summed E-state index contributed by atoms with van der Waals surface area (Å²) < 4.78 is 22.3. The molecule has 0 spiro atoms. The number of rotatable bonds is 7. The van der Waals surface area contributed by atoms with Crippen molar-refractivity contribution in [3.8, 4) is 0 Å². The molecule has 2 aliphatic rings. The highest BCUT2D eigenvalue weighted by atomic mass is 16.8. The van der Waals surface area contributed by atoms with Crippen LogP contribution in [-0.2, 0) is 25.4 Å². The summed E-state index contributed by atoms with van der Waals surface area (Å²) in [6, 6.07) is 9.53. The molecule has 1 aromatic carbocycles. The third kappa shape index (κ3) is 5.17. The van der Waals surface area contributed by atoms with Gasteiger partial charge in [-0.2, -0.15) is 0 Å². The van der Waals surface area contributed by atoms with Gasteiger partial charge in [0.2, 0.25) is 0 Å². The van der Waals surface area contributed by atoms with Crippen molar-refractivity contribution in [2.45, 2.75) is 74.8 Å². The lowest BCUT2D eigenvalue weighted by molar-refractivity contribution is -0.364. The minimum atomic E-state index is -1.60. The fourth-order valence-electron chi connectivity index (χ4n) is 3.55. The predicted molar refractivity (Wildman–Crippen MR) is 101 cm³/mol. The van der Waals surface area contributed by atoms with Crippen molar-refractivity contribution in [1.82, 2.24) is 0 Å². The van der Waals surface area contributed by atoms with E-state index in [0.717, 1.165) is 5.56 Å². The molecule has 0 unspecified atom stereocenters. The first kappa shape index (κ1) is 23.5. The number of ether oxygens (including phenoxy) is 4. The summed E-state index contributed by atoms with van der Waals surface area (Å²) in [5, 5.41) is 60.2. The maximum Gasteiger partial charge on any atom is 0.187 e. The smallest absolute Gasteiger partial charge is 0.187 e. The molecule has 2 saturated heterocycles. The quantitative estimate of drug-likeness (QED) is 0.283. The van der Waals surface area contributed by atoms with Gasteiger partial charge >= 0.3 is 0 Å². The third-order valence-corrected chi connectivity index (χ3v) is 5.44. The van der Waals surface area contributed by atoms with Gasteiger partial charge in [0.15, 0.2) is 12.6 Å². The first-order chi connectivity index (χ1) is 14.3. The summed E-state index contributed by atoms with van der Waals surface area (Å²) >= 11 is 0. The minimum absolute atomic E-state index is 0.196. The van der Waals surface area contributed by atoms with E-state index in [-0.39, 0.29) is 6.61 Å². The lowest BCUT2D eigenvalue weighted by atomic mass is 9.97. The molecule has 2 aliphatic heterocycles. The zero-order chi connectivity index (χ0) is 21.8. The average Bonchev–Trinajstić information content (AvgIpc) is 2.75. The Morgan fingerprint density at radius 3 is 2.20 bits per heavy atom. The Labute approximate surface area is 174 Å². The molecule has 0 amide bonds. The maximum absolute atomic E-state index is 10.5. The Morgan fingerprint density at radius 1 is 0.833 bits per heavy atom. The summed E-state index contributed by atoms with van der Waals surface area (Å²) in [6.45, 7) is 1.14. The highest BCUT2D eigenvalue weighted by Gasteiger charge is 2.50. The zero-order valence-corrected chi connectivity index (χ0v) is 16.6. The molecule has 10 heteroatoms. The van der Waals surface area contributed by atoms with E-state index >= 15 is 0 Å². The van der Waals surface area contributed by atoms with Gasteiger partial charge in [-0.3, -0.25) is 0 Å². The molecule has 0 bridgehead atoms. The van der Waals surface area contributed by atoms with Gasteiger partial charge in [-0.05, 0) is 18.9 Å². The van der Waals surface area contributed by atoms with E-state index in [4.69, 9.17) is 18.9 Å². The average molecular weight is 430 g/mol. The van der Waals surface area contributed by atoms with E-state index in [1.54, 1.807) is 0 Å². The van der Waals surface area contributed by atoms with Crippen molar-refractivity contribution < 1.29 is 49.6 Å². The summed E-state index contributed by atoms with van der Waals surface area (Å²) in [6.07, 6.45) is -12.7. The molecule has 0 aliphatic carbocycles. The second-order valence-electron chi connectivity index (χ2n) is 7.60. The molecule has 0 radical (unpaired) electrons. The standard InChI is InChI=1S/C20H30O10/c1-10-13(22)15(24)17(26)19(28-10)30-18-16(25)14(23)12(9-21)29-20(18)27-8-7-11-5-3-2-4-6-11/h2-6,10,12-26H,7-9H2,1H3/t10-,12+,13-,14+,15+,16-,17+,18+,19+,20-/m0/s1. The molecule has 1 aromatic rings. The monoisotopic (exact) mass is 430 g/mol. The van der Waals surface area contributed by atoms with Crippen LogP contribution < -0.4 is 0 Å². The SMILES string of the molecule is C[C@@H]1O[C@H](O[C@H]2[C@@H](OCCc3ccccc3)O[C@H](CO)[C@@H](O)[C@@H]2O)[C@H](O)[C@H](O)[C@H]1O. The summed E-state index contributed by atoms with van der Waals surface area (Å²) in [4.78, 5) is 0. The van der Waals surface area contributed by atoms with Gasteiger partial charge in [-0.25, -0.2) is 0 Å². The molecule has 2 fully saturated rings. The molecule has 10 nitrogen and oxygen atoms in total. The predicted octanol–water partition coefficient (Wildman–Crippen LogP) is -2.10. The number of hydrogen-bond donors (Lipinski definition) is 6. The van der Waals surface area contributed by atoms with Crippen LogP contribution in [0.1, 0.15) is 12.5 Å². The molecule has 170 valence electrons. The normalized spacial score (nSPS) is 42.2. The number of aliphatic hydroxyl groups excluding tert-OH is 6. The van der Waals surface area contributed by atoms with Crippen LogP contribution in [-0.4, -0.2) is 105 Å². The minimum Gasteiger partial charge on any atom is -0.394 e. The van der Waals surface area contributed by atoms with Crippen LogP contribution in [0.25, 0.3) is 0 Å². The molecule has 10 atom stereocenters. The van der Waals surface area contributed by atoms with Crippen LogP contribution in [0, 0.1) is 0 Å². The summed E-state index contributed by atoms with van der Waals surface area (Å²) in [5.41, 5.74) is 1.02. The van der Waals surface area contributed by atoms with Crippen LogP contribution in [0.2, 0.25) is 0 Å². The van der Waals surface area contributed by atoms with E-state index in [2.05, 4.69) is 0 Å². The van der Waals surface area contributed by atoms with E-state index < -0.39 is 68.0 Å². The summed E-state index contributed by atoms with van der Waals surface area (Å²) in [5.74, 6) is 0. The molecular weight excluding hydrogens is 400 g/mol. The highest BCUT2D eigenvalue weighted by Crippen LogP contribution is 2.29. The number of hydrogen-bond acceptors (Lipinski definition) is 10. The lowest BCUT2D eigenvalue weighted by Crippen LogP contribution is -2.64. The molecule has 0 saturated carbocycles. The first-order valence-corrected chi connectivity index (χ1v) is 9.96. The maximum atomic E-state index is 10.5. The van der Waals surface area contributed by atoms with E-state index in [1.807, 2.05) is 30.3 Å². The van der Waals surface area contributed by atoms with Crippen LogP contribution in [0.15, 0.2) is 30.3 Å². The number of benzene rings is 1. The van der Waals surface area contributed by atoms with Gasteiger partial charge in [0.1, 0.15) is 42.7 Å².